The molecule has 5 nitrogen and oxygen atoms in total. The molecular formula is C14H18N2O3. The van der Waals surface area contributed by atoms with Crippen LogP contribution in [0.4, 0.5) is 0 Å². The van der Waals surface area contributed by atoms with E-state index in [0.717, 1.165) is 5.75 Å². The highest BCUT2D eigenvalue weighted by molar-refractivity contribution is 5.20. The molecule has 0 spiro atoms. The van der Waals surface area contributed by atoms with Crippen molar-refractivity contribution in [1.29, 1.82) is 0 Å². The lowest BCUT2D eigenvalue weighted by molar-refractivity contribution is 0.116. The van der Waals surface area contributed by atoms with Crippen molar-refractivity contribution in [2.75, 3.05) is 0 Å². The standard InChI is InChI=1S/C14H18N2O3/c1-10(2)12(17)8-14-15-13(16-19-14)9-18-11-6-4-3-5-7-11/h3-7,10,12,17H,8-9H2,1-2H3. The zero-order valence-corrected chi connectivity index (χ0v) is 11.1. The van der Waals surface area contributed by atoms with Gasteiger partial charge in [0.2, 0.25) is 11.7 Å². The molecule has 19 heavy (non-hydrogen) atoms. The van der Waals surface area contributed by atoms with Gasteiger partial charge in [-0.1, -0.05) is 37.2 Å². The largest absolute Gasteiger partial charge is 0.485 e. The second-order valence-corrected chi connectivity index (χ2v) is 4.72. The summed E-state index contributed by atoms with van der Waals surface area (Å²) in [4.78, 5) is 4.18. The Balaban J connectivity index is 1.87. The van der Waals surface area contributed by atoms with Crippen molar-refractivity contribution in [1.82, 2.24) is 10.1 Å². The van der Waals surface area contributed by atoms with Crippen LogP contribution in [0.25, 0.3) is 0 Å². The van der Waals surface area contributed by atoms with E-state index >= 15 is 0 Å². The van der Waals surface area contributed by atoms with Gasteiger partial charge in [-0.15, -0.1) is 0 Å². The summed E-state index contributed by atoms with van der Waals surface area (Å²) in [7, 11) is 0. The van der Waals surface area contributed by atoms with Gasteiger partial charge in [-0.25, -0.2) is 0 Å². The molecule has 1 unspecified atom stereocenters. The zero-order valence-electron chi connectivity index (χ0n) is 11.1. The lowest BCUT2D eigenvalue weighted by atomic mass is 10.0. The fraction of sp³-hybridized carbons (Fsp3) is 0.429. The number of aliphatic hydroxyl groups is 1. The van der Waals surface area contributed by atoms with Crippen LogP contribution in [0, 0.1) is 5.92 Å². The highest BCUT2D eigenvalue weighted by Crippen LogP contribution is 2.12. The Kier molecular flexibility index (Phi) is 4.52. The molecule has 0 radical (unpaired) electrons. The molecule has 5 heteroatoms. The molecule has 1 heterocycles. The molecule has 0 aliphatic heterocycles. The number of hydrogen-bond acceptors (Lipinski definition) is 5. The van der Waals surface area contributed by atoms with Crippen LogP contribution in [0.5, 0.6) is 5.75 Å². The number of aromatic nitrogens is 2. The SMILES string of the molecule is CC(C)C(O)Cc1nc(COc2ccccc2)no1. The van der Waals surface area contributed by atoms with E-state index in [2.05, 4.69) is 10.1 Å². The predicted molar refractivity (Wildman–Crippen MR) is 69.6 cm³/mol. The first-order valence-corrected chi connectivity index (χ1v) is 6.32. The van der Waals surface area contributed by atoms with Crippen LogP contribution >= 0.6 is 0 Å². The molecule has 1 N–H and O–H groups in total. The summed E-state index contributed by atoms with van der Waals surface area (Å²) in [5.74, 6) is 1.84. The Labute approximate surface area is 112 Å². The van der Waals surface area contributed by atoms with Gasteiger partial charge in [-0.2, -0.15) is 4.98 Å². The summed E-state index contributed by atoms with van der Waals surface area (Å²) in [5.41, 5.74) is 0. The zero-order chi connectivity index (χ0) is 13.7. The first-order valence-electron chi connectivity index (χ1n) is 6.32. The average Bonchev–Trinajstić information content (AvgIpc) is 2.85. The number of nitrogens with zero attached hydrogens (tertiary/aromatic N) is 2. The minimum Gasteiger partial charge on any atom is -0.485 e. The average molecular weight is 262 g/mol. The third kappa shape index (κ3) is 4.06. The fourth-order valence-electron chi connectivity index (χ4n) is 1.51. The molecule has 1 aromatic heterocycles. The normalized spacial score (nSPS) is 12.6. The highest BCUT2D eigenvalue weighted by atomic mass is 16.5. The molecule has 1 atom stereocenters. The van der Waals surface area contributed by atoms with Crippen molar-refractivity contribution in [2.45, 2.75) is 33.0 Å². The van der Waals surface area contributed by atoms with E-state index in [-0.39, 0.29) is 12.5 Å². The number of aliphatic hydroxyl groups excluding tert-OH is 1. The quantitative estimate of drug-likeness (QED) is 0.864. The number of para-hydroxylation sites is 1. The van der Waals surface area contributed by atoms with Crippen molar-refractivity contribution < 1.29 is 14.4 Å². The summed E-state index contributed by atoms with van der Waals surface area (Å²) < 4.78 is 10.6. The maximum absolute atomic E-state index is 9.74. The molecule has 0 amide bonds. The molecule has 0 saturated heterocycles. The third-order valence-electron chi connectivity index (χ3n) is 2.77. The smallest absolute Gasteiger partial charge is 0.229 e. The molecule has 2 aromatic rings. The van der Waals surface area contributed by atoms with Gasteiger partial charge in [0.05, 0.1) is 12.5 Å². The van der Waals surface area contributed by atoms with Crippen LogP contribution in [-0.4, -0.2) is 21.4 Å². The maximum Gasteiger partial charge on any atom is 0.229 e. The Morgan fingerprint density at radius 1 is 1.26 bits per heavy atom. The van der Waals surface area contributed by atoms with E-state index in [1.54, 1.807) is 0 Å². The molecular weight excluding hydrogens is 244 g/mol. The summed E-state index contributed by atoms with van der Waals surface area (Å²) in [6.45, 7) is 4.15. The van der Waals surface area contributed by atoms with E-state index in [1.165, 1.54) is 0 Å². The van der Waals surface area contributed by atoms with Crippen molar-refractivity contribution >= 4 is 0 Å². The van der Waals surface area contributed by atoms with Gasteiger partial charge in [-0.05, 0) is 18.1 Å². The van der Waals surface area contributed by atoms with E-state index in [1.807, 2.05) is 44.2 Å². The van der Waals surface area contributed by atoms with Crippen molar-refractivity contribution in [3.05, 3.63) is 42.0 Å². The van der Waals surface area contributed by atoms with E-state index in [0.29, 0.717) is 18.1 Å². The third-order valence-corrected chi connectivity index (χ3v) is 2.77. The molecule has 0 aliphatic rings. The van der Waals surface area contributed by atoms with Crippen LogP contribution in [0.1, 0.15) is 25.6 Å². The van der Waals surface area contributed by atoms with Gasteiger partial charge in [0.15, 0.2) is 6.61 Å². The lowest BCUT2D eigenvalue weighted by Gasteiger charge is -2.10. The van der Waals surface area contributed by atoms with Crippen molar-refractivity contribution in [2.24, 2.45) is 5.92 Å². The summed E-state index contributed by atoms with van der Waals surface area (Å²) in [6, 6.07) is 9.45. The fourth-order valence-corrected chi connectivity index (χ4v) is 1.51. The van der Waals surface area contributed by atoms with Gasteiger partial charge < -0.3 is 14.4 Å². The maximum atomic E-state index is 9.74. The number of benzene rings is 1. The summed E-state index contributed by atoms with van der Waals surface area (Å²) >= 11 is 0. The van der Waals surface area contributed by atoms with E-state index in [9.17, 15) is 5.11 Å². The van der Waals surface area contributed by atoms with Crippen LogP contribution < -0.4 is 4.74 Å². The molecule has 0 fully saturated rings. The minimum absolute atomic E-state index is 0.163. The van der Waals surface area contributed by atoms with Gasteiger partial charge in [0.25, 0.3) is 0 Å². The van der Waals surface area contributed by atoms with Gasteiger partial charge in [-0.3, -0.25) is 0 Å². The predicted octanol–water partition coefficient (Wildman–Crippen LogP) is 2.21. The first-order chi connectivity index (χ1) is 9.15. The number of rotatable bonds is 6. The second-order valence-electron chi connectivity index (χ2n) is 4.72. The monoisotopic (exact) mass is 262 g/mol. The van der Waals surface area contributed by atoms with Crippen LogP contribution in [-0.2, 0) is 13.0 Å². The van der Waals surface area contributed by atoms with Crippen LogP contribution in [0.15, 0.2) is 34.9 Å². The lowest BCUT2D eigenvalue weighted by Crippen LogP contribution is -2.17. The molecule has 0 saturated carbocycles. The Hall–Kier alpha value is -1.88. The molecule has 0 aliphatic carbocycles. The van der Waals surface area contributed by atoms with Crippen LogP contribution in [0.3, 0.4) is 0 Å². The topological polar surface area (TPSA) is 68.4 Å². The molecule has 2 rings (SSSR count). The second kappa shape index (κ2) is 6.33. The van der Waals surface area contributed by atoms with Crippen molar-refractivity contribution in [3.63, 3.8) is 0 Å². The summed E-state index contributed by atoms with van der Waals surface area (Å²) in [6.07, 6.45) is -0.0981. The molecule has 0 bridgehead atoms. The van der Waals surface area contributed by atoms with E-state index < -0.39 is 6.10 Å². The minimum atomic E-state index is -0.469. The van der Waals surface area contributed by atoms with Crippen LogP contribution in [0.2, 0.25) is 0 Å². The van der Waals surface area contributed by atoms with Gasteiger partial charge in [0.1, 0.15) is 5.75 Å². The number of hydrogen-bond donors (Lipinski definition) is 1. The van der Waals surface area contributed by atoms with Crippen molar-refractivity contribution in [3.8, 4) is 5.75 Å². The molecule has 1 aromatic carbocycles. The highest BCUT2D eigenvalue weighted by Gasteiger charge is 2.15. The van der Waals surface area contributed by atoms with Gasteiger partial charge >= 0.3 is 0 Å². The Morgan fingerprint density at radius 3 is 2.68 bits per heavy atom. The molecule has 102 valence electrons. The number of ether oxygens (including phenoxy) is 1. The Bertz CT molecular complexity index is 496. The van der Waals surface area contributed by atoms with Gasteiger partial charge in [0, 0.05) is 0 Å². The Morgan fingerprint density at radius 2 is 2.00 bits per heavy atom. The first kappa shape index (κ1) is 13.5. The van der Waals surface area contributed by atoms with E-state index in [4.69, 9.17) is 9.26 Å². The summed E-state index contributed by atoms with van der Waals surface area (Å²) in [5, 5.41) is 13.6.